The Kier molecular flexibility index (Phi) is 6.55. The molecule has 0 atom stereocenters. The predicted octanol–water partition coefficient (Wildman–Crippen LogP) is 4.56. The first-order valence-corrected chi connectivity index (χ1v) is 13.3. The average Bonchev–Trinajstić information content (AvgIpc) is 3.18. The first kappa shape index (κ1) is 24.7. The lowest BCUT2D eigenvalue weighted by Crippen LogP contribution is -2.15. The molecule has 0 unspecified atom stereocenters. The van der Waals surface area contributed by atoms with Crippen LogP contribution in [0.5, 0.6) is 0 Å². The summed E-state index contributed by atoms with van der Waals surface area (Å²) in [6.07, 6.45) is 0.410. The van der Waals surface area contributed by atoms with Crippen molar-refractivity contribution < 1.29 is 8.42 Å². The van der Waals surface area contributed by atoms with E-state index < -0.39 is 9.84 Å². The normalized spacial score (nSPS) is 12.3. The van der Waals surface area contributed by atoms with Crippen LogP contribution in [-0.2, 0) is 15.3 Å². The Morgan fingerprint density at radius 1 is 0.971 bits per heavy atom. The van der Waals surface area contributed by atoms with Crippen molar-refractivity contribution in [1.82, 2.24) is 19.6 Å². The minimum atomic E-state index is -3.37. The molecule has 0 saturated carbocycles. The van der Waals surface area contributed by atoms with E-state index in [0.717, 1.165) is 16.7 Å². The van der Waals surface area contributed by atoms with Crippen LogP contribution in [0.4, 0.5) is 11.8 Å². The highest BCUT2D eigenvalue weighted by Crippen LogP contribution is 2.26. The first-order valence-electron chi connectivity index (χ1n) is 11.6. The van der Waals surface area contributed by atoms with Crippen LogP contribution >= 0.6 is 0 Å². The Balaban J connectivity index is 1.52. The van der Waals surface area contributed by atoms with Gasteiger partial charge in [0.15, 0.2) is 21.3 Å². The van der Waals surface area contributed by atoms with Crippen LogP contribution in [0.1, 0.15) is 43.9 Å². The third kappa shape index (κ3) is 5.45. The van der Waals surface area contributed by atoms with E-state index in [1.807, 2.05) is 32.0 Å². The van der Waals surface area contributed by atoms with Gasteiger partial charge in [-0.3, -0.25) is 0 Å². The van der Waals surface area contributed by atoms with E-state index in [9.17, 15) is 8.42 Å². The predicted molar refractivity (Wildman–Crippen MR) is 140 cm³/mol. The van der Waals surface area contributed by atoms with Gasteiger partial charge in [0.2, 0.25) is 5.95 Å². The van der Waals surface area contributed by atoms with E-state index in [1.165, 1.54) is 5.56 Å². The molecule has 35 heavy (non-hydrogen) atoms. The van der Waals surface area contributed by atoms with Crippen LogP contribution in [0.15, 0.2) is 53.4 Å². The molecule has 0 fully saturated rings. The quantitative estimate of drug-likeness (QED) is 0.363. The zero-order chi connectivity index (χ0) is 25.4. The van der Waals surface area contributed by atoms with E-state index in [-0.39, 0.29) is 11.2 Å². The highest BCUT2D eigenvalue weighted by atomic mass is 32.2. The summed E-state index contributed by atoms with van der Waals surface area (Å²) in [5, 5.41) is 7.50. The Hall–Kier alpha value is -3.46. The van der Waals surface area contributed by atoms with Gasteiger partial charge in [-0.05, 0) is 54.5 Å². The van der Waals surface area contributed by atoms with Gasteiger partial charge in [-0.25, -0.2) is 13.4 Å². The van der Waals surface area contributed by atoms with Crippen molar-refractivity contribution in [2.24, 2.45) is 0 Å². The molecule has 0 aliphatic rings. The summed E-state index contributed by atoms with van der Waals surface area (Å²) in [6.45, 7) is 10.8. The van der Waals surface area contributed by atoms with Gasteiger partial charge in [-0.1, -0.05) is 51.1 Å². The zero-order valence-electron chi connectivity index (χ0n) is 20.8. The SMILES string of the molecule is Cc1ccc(S(=O)(=O)CCCNc2nc(-c3ccc(C(C)(C)C)cc3)nc3cc(N)nn23)cc1C. The van der Waals surface area contributed by atoms with Crippen LogP contribution in [0.25, 0.3) is 17.0 Å². The van der Waals surface area contributed by atoms with Crippen molar-refractivity contribution in [1.29, 1.82) is 0 Å². The van der Waals surface area contributed by atoms with Crippen LogP contribution < -0.4 is 11.1 Å². The fourth-order valence-corrected chi connectivity index (χ4v) is 5.15. The number of rotatable bonds is 7. The Bertz CT molecular complexity index is 1470. The summed E-state index contributed by atoms with van der Waals surface area (Å²) in [5.41, 5.74) is 10.7. The standard InChI is InChI=1S/C26H32N6O2S/c1-17-7-12-21(15-18(17)2)35(33,34)14-6-13-28-25-30-24(29-23-16-22(27)31-32(23)25)19-8-10-20(11-9-19)26(3,4)5/h7-12,15-16H,6,13-14H2,1-5H3,(H2,27,31)(H,28,29,30). The van der Waals surface area contributed by atoms with Crippen molar-refractivity contribution >= 4 is 27.3 Å². The van der Waals surface area contributed by atoms with Crippen molar-refractivity contribution in [2.45, 2.75) is 51.3 Å². The number of nitrogens with one attached hydrogen (secondary N) is 1. The molecule has 0 aliphatic carbocycles. The second-order valence-corrected chi connectivity index (χ2v) is 12.0. The Labute approximate surface area is 206 Å². The number of nitrogens with two attached hydrogens (primary N) is 1. The number of benzene rings is 2. The summed E-state index contributed by atoms with van der Waals surface area (Å²) in [6, 6.07) is 15.1. The summed E-state index contributed by atoms with van der Waals surface area (Å²) in [4.78, 5) is 9.63. The topological polar surface area (TPSA) is 115 Å². The minimum absolute atomic E-state index is 0.0269. The molecule has 4 rings (SSSR count). The maximum Gasteiger partial charge on any atom is 0.228 e. The van der Waals surface area contributed by atoms with Crippen LogP contribution in [0.3, 0.4) is 0 Å². The number of hydrogen-bond donors (Lipinski definition) is 2. The Morgan fingerprint density at radius 3 is 2.34 bits per heavy atom. The van der Waals surface area contributed by atoms with Gasteiger partial charge in [-0.2, -0.15) is 9.50 Å². The lowest BCUT2D eigenvalue weighted by molar-refractivity contribution is 0.590. The number of anilines is 2. The van der Waals surface area contributed by atoms with Gasteiger partial charge in [-0.15, -0.1) is 5.10 Å². The maximum absolute atomic E-state index is 12.8. The van der Waals surface area contributed by atoms with E-state index >= 15 is 0 Å². The molecule has 0 aliphatic heterocycles. The highest BCUT2D eigenvalue weighted by Gasteiger charge is 2.17. The van der Waals surface area contributed by atoms with Crippen molar-refractivity contribution in [3.05, 3.63) is 65.2 Å². The van der Waals surface area contributed by atoms with Crippen LogP contribution in [0, 0.1) is 13.8 Å². The van der Waals surface area contributed by atoms with Crippen LogP contribution in [0.2, 0.25) is 0 Å². The van der Waals surface area contributed by atoms with E-state index in [4.69, 9.17) is 5.73 Å². The summed E-state index contributed by atoms with van der Waals surface area (Å²) >= 11 is 0. The summed E-state index contributed by atoms with van der Waals surface area (Å²) < 4.78 is 27.1. The molecule has 8 nitrogen and oxygen atoms in total. The minimum Gasteiger partial charge on any atom is -0.382 e. The van der Waals surface area contributed by atoms with E-state index in [0.29, 0.717) is 41.1 Å². The van der Waals surface area contributed by atoms with Crippen molar-refractivity contribution in [3.8, 4) is 11.4 Å². The summed E-state index contributed by atoms with van der Waals surface area (Å²) in [5.74, 6) is 1.37. The second-order valence-electron chi connectivity index (χ2n) is 9.88. The molecule has 0 radical (unpaired) electrons. The monoisotopic (exact) mass is 492 g/mol. The molecule has 3 N–H and O–H groups in total. The number of aryl methyl sites for hydroxylation is 2. The van der Waals surface area contributed by atoms with Gasteiger partial charge in [0.05, 0.1) is 10.6 Å². The number of nitrogen functional groups attached to an aromatic ring is 1. The van der Waals surface area contributed by atoms with Crippen molar-refractivity contribution in [2.75, 3.05) is 23.3 Å². The highest BCUT2D eigenvalue weighted by molar-refractivity contribution is 7.91. The fourth-order valence-electron chi connectivity index (χ4n) is 3.76. The third-order valence-corrected chi connectivity index (χ3v) is 7.86. The lowest BCUT2D eigenvalue weighted by Gasteiger charge is -2.19. The van der Waals surface area contributed by atoms with Crippen LogP contribution in [-0.4, -0.2) is 40.3 Å². The van der Waals surface area contributed by atoms with Gasteiger partial charge in [0.1, 0.15) is 5.82 Å². The Morgan fingerprint density at radius 2 is 1.69 bits per heavy atom. The molecule has 184 valence electrons. The molecule has 2 heterocycles. The molecule has 0 bridgehead atoms. The molecule has 4 aromatic rings. The number of fused-ring (bicyclic) bond motifs is 1. The smallest absolute Gasteiger partial charge is 0.228 e. The number of nitrogens with zero attached hydrogens (tertiary/aromatic N) is 4. The number of aromatic nitrogens is 4. The van der Waals surface area contributed by atoms with E-state index in [1.54, 1.807) is 22.7 Å². The zero-order valence-corrected chi connectivity index (χ0v) is 21.6. The molecular weight excluding hydrogens is 460 g/mol. The molecule has 2 aromatic carbocycles. The van der Waals surface area contributed by atoms with Gasteiger partial charge >= 0.3 is 0 Å². The summed E-state index contributed by atoms with van der Waals surface area (Å²) in [7, 11) is -3.37. The third-order valence-electron chi connectivity index (χ3n) is 6.06. The number of sulfone groups is 1. The largest absolute Gasteiger partial charge is 0.382 e. The molecule has 2 aromatic heterocycles. The molecule has 0 saturated heterocycles. The average molecular weight is 493 g/mol. The van der Waals surface area contributed by atoms with E-state index in [2.05, 4.69) is 53.3 Å². The lowest BCUT2D eigenvalue weighted by atomic mass is 9.87. The molecular formula is C26H32N6O2S. The van der Waals surface area contributed by atoms with Gasteiger partial charge in [0, 0.05) is 18.2 Å². The second kappa shape index (κ2) is 9.30. The number of hydrogen-bond acceptors (Lipinski definition) is 7. The molecule has 0 spiro atoms. The molecule has 9 heteroatoms. The molecule has 0 amide bonds. The van der Waals surface area contributed by atoms with Gasteiger partial charge in [0.25, 0.3) is 0 Å². The fraction of sp³-hybridized carbons (Fsp3) is 0.346. The maximum atomic E-state index is 12.8. The van der Waals surface area contributed by atoms with Gasteiger partial charge < -0.3 is 11.1 Å². The van der Waals surface area contributed by atoms with Crippen molar-refractivity contribution in [3.63, 3.8) is 0 Å². The first-order chi connectivity index (χ1) is 16.4.